The van der Waals surface area contributed by atoms with Crippen molar-refractivity contribution in [1.82, 2.24) is 5.32 Å². The summed E-state index contributed by atoms with van der Waals surface area (Å²) in [7, 11) is 0. The largest absolute Gasteiger partial charge is 0.478 e. The molecule has 0 aliphatic heterocycles. The van der Waals surface area contributed by atoms with Crippen LogP contribution in [-0.4, -0.2) is 17.0 Å². The Labute approximate surface area is 109 Å². The van der Waals surface area contributed by atoms with Crippen LogP contribution < -0.4 is 5.32 Å². The van der Waals surface area contributed by atoms with Crippen molar-refractivity contribution in [1.29, 1.82) is 0 Å². The first-order valence-corrected chi connectivity index (χ1v) is 6.71. The van der Waals surface area contributed by atoms with Crippen LogP contribution in [-0.2, 0) is 16.1 Å². The summed E-state index contributed by atoms with van der Waals surface area (Å²) < 4.78 is 0. The number of amides is 1. The van der Waals surface area contributed by atoms with Crippen molar-refractivity contribution in [2.75, 3.05) is 0 Å². The van der Waals surface area contributed by atoms with E-state index in [0.29, 0.717) is 18.9 Å². The Morgan fingerprint density at radius 1 is 1.44 bits per heavy atom. The van der Waals surface area contributed by atoms with E-state index in [4.69, 9.17) is 5.11 Å². The molecule has 1 aliphatic rings. The summed E-state index contributed by atoms with van der Waals surface area (Å²) in [6.45, 7) is 0.525. The monoisotopic (exact) mass is 265 g/mol. The van der Waals surface area contributed by atoms with Gasteiger partial charge in [-0.3, -0.25) is 4.79 Å². The average molecular weight is 265 g/mol. The zero-order chi connectivity index (χ0) is 13.0. The number of aliphatic carboxylic acids is 1. The van der Waals surface area contributed by atoms with Crippen molar-refractivity contribution in [3.63, 3.8) is 0 Å². The van der Waals surface area contributed by atoms with Crippen LogP contribution in [0, 0.1) is 5.92 Å². The van der Waals surface area contributed by atoms with Gasteiger partial charge in [0.15, 0.2) is 0 Å². The van der Waals surface area contributed by atoms with Crippen molar-refractivity contribution in [3.05, 3.63) is 28.0 Å². The number of hydrogen-bond donors (Lipinski definition) is 2. The molecule has 2 rings (SSSR count). The van der Waals surface area contributed by atoms with Gasteiger partial charge in [0.2, 0.25) is 5.91 Å². The lowest BCUT2D eigenvalue weighted by atomic mass is 10.3. The summed E-state index contributed by atoms with van der Waals surface area (Å²) in [6.07, 6.45) is 5.66. The molecule has 1 aliphatic carbocycles. The number of carbonyl (C=O) groups excluding carboxylic acids is 1. The summed E-state index contributed by atoms with van der Waals surface area (Å²) >= 11 is 1.49. The molecule has 4 nitrogen and oxygen atoms in total. The Bertz CT molecular complexity index is 474. The minimum atomic E-state index is -0.956. The third-order valence-electron chi connectivity index (χ3n) is 2.70. The van der Waals surface area contributed by atoms with Gasteiger partial charge in [0.05, 0.1) is 6.54 Å². The van der Waals surface area contributed by atoms with Crippen molar-refractivity contribution >= 4 is 29.3 Å². The van der Waals surface area contributed by atoms with Gasteiger partial charge in [-0.25, -0.2) is 4.79 Å². The van der Waals surface area contributed by atoms with E-state index in [1.54, 1.807) is 6.08 Å². The van der Waals surface area contributed by atoms with Crippen LogP contribution in [0.5, 0.6) is 0 Å². The lowest BCUT2D eigenvalue weighted by Crippen LogP contribution is -2.22. The third-order valence-corrected chi connectivity index (χ3v) is 3.75. The van der Waals surface area contributed by atoms with Crippen molar-refractivity contribution in [2.45, 2.75) is 25.8 Å². The van der Waals surface area contributed by atoms with Crippen molar-refractivity contribution in [3.8, 4) is 0 Å². The van der Waals surface area contributed by atoms with Crippen molar-refractivity contribution in [2.24, 2.45) is 5.92 Å². The van der Waals surface area contributed by atoms with Crippen LogP contribution in [0.15, 0.2) is 18.2 Å². The van der Waals surface area contributed by atoms with E-state index < -0.39 is 5.97 Å². The SMILES string of the molecule is O=C(O)C=Cc1ccc(CNC(=O)CC2CC2)s1. The van der Waals surface area contributed by atoms with E-state index in [9.17, 15) is 9.59 Å². The number of nitrogens with one attached hydrogen (secondary N) is 1. The molecular weight excluding hydrogens is 250 g/mol. The maximum Gasteiger partial charge on any atom is 0.328 e. The van der Waals surface area contributed by atoms with Gasteiger partial charge in [-0.15, -0.1) is 11.3 Å². The second-order valence-electron chi connectivity index (χ2n) is 4.40. The summed E-state index contributed by atoms with van der Waals surface area (Å²) in [6, 6.07) is 3.76. The zero-order valence-corrected chi connectivity index (χ0v) is 10.7. The molecule has 96 valence electrons. The van der Waals surface area contributed by atoms with Gasteiger partial charge in [0.25, 0.3) is 0 Å². The van der Waals surface area contributed by atoms with Crippen LogP contribution >= 0.6 is 11.3 Å². The number of carbonyl (C=O) groups is 2. The fourth-order valence-electron chi connectivity index (χ4n) is 1.57. The van der Waals surface area contributed by atoms with Gasteiger partial charge in [-0.2, -0.15) is 0 Å². The van der Waals surface area contributed by atoms with Gasteiger partial charge in [0.1, 0.15) is 0 Å². The highest BCUT2D eigenvalue weighted by Crippen LogP contribution is 2.32. The van der Waals surface area contributed by atoms with Crippen LogP contribution in [0.25, 0.3) is 6.08 Å². The first kappa shape index (κ1) is 12.8. The number of rotatable bonds is 6. The molecule has 1 aromatic rings. The summed E-state index contributed by atoms with van der Waals surface area (Å²) in [5.74, 6) is -0.251. The standard InChI is InChI=1S/C13H15NO3S/c15-12(7-9-1-2-9)14-8-11-4-3-10(18-11)5-6-13(16)17/h3-6,9H,1-2,7-8H2,(H,14,15)(H,16,17). The Morgan fingerprint density at radius 3 is 2.89 bits per heavy atom. The van der Waals surface area contributed by atoms with Gasteiger partial charge in [0, 0.05) is 22.3 Å². The molecule has 5 heteroatoms. The molecule has 0 aromatic carbocycles. The Kier molecular flexibility index (Phi) is 4.15. The van der Waals surface area contributed by atoms with E-state index in [1.807, 2.05) is 12.1 Å². The zero-order valence-electron chi connectivity index (χ0n) is 9.89. The van der Waals surface area contributed by atoms with E-state index in [-0.39, 0.29) is 5.91 Å². The third kappa shape index (κ3) is 4.33. The molecule has 1 amide bonds. The lowest BCUT2D eigenvalue weighted by Gasteiger charge is -2.01. The Hall–Kier alpha value is -1.62. The first-order valence-electron chi connectivity index (χ1n) is 5.90. The molecule has 0 spiro atoms. The predicted octanol–water partition coefficient (Wildman–Crippen LogP) is 2.26. The highest BCUT2D eigenvalue weighted by molar-refractivity contribution is 7.12. The summed E-state index contributed by atoms with van der Waals surface area (Å²) in [4.78, 5) is 23.8. The smallest absolute Gasteiger partial charge is 0.328 e. The molecule has 2 N–H and O–H groups in total. The summed E-state index contributed by atoms with van der Waals surface area (Å²) in [5, 5.41) is 11.4. The molecule has 1 heterocycles. The highest BCUT2D eigenvalue weighted by Gasteiger charge is 2.24. The number of thiophene rings is 1. The van der Waals surface area contributed by atoms with Gasteiger partial charge in [-0.1, -0.05) is 0 Å². The van der Waals surface area contributed by atoms with Gasteiger partial charge in [-0.05, 0) is 37.0 Å². The Balaban J connectivity index is 1.78. The van der Waals surface area contributed by atoms with Crippen LogP contribution in [0.3, 0.4) is 0 Å². The second-order valence-corrected chi connectivity index (χ2v) is 5.60. The maximum absolute atomic E-state index is 11.5. The molecule has 0 saturated heterocycles. The fourth-order valence-corrected chi connectivity index (χ4v) is 2.43. The number of carboxylic acid groups (broad SMARTS) is 1. The molecule has 1 aromatic heterocycles. The Morgan fingerprint density at radius 2 is 2.22 bits per heavy atom. The molecule has 0 radical (unpaired) electrons. The van der Waals surface area contributed by atoms with Gasteiger partial charge >= 0.3 is 5.97 Å². The minimum absolute atomic E-state index is 0.105. The molecule has 0 bridgehead atoms. The normalized spacial score (nSPS) is 14.9. The molecule has 1 fully saturated rings. The first-order chi connectivity index (χ1) is 8.63. The predicted molar refractivity (Wildman–Crippen MR) is 70.2 cm³/mol. The molecular formula is C13H15NO3S. The molecule has 0 unspecified atom stereocenters. The van der Waals surface area contributed by atoms with E-state index in [1.165, 1.54) is 24.2 Å². The van der Waals surface area contributed by atoms with Crippen LogP contribution in [0.2, 0.25) is 0 Å². The maximum atomic E-state index is 11.5. The van der Waals surface area contributed by atoms with Crippen LogP contribution in [0.4, 0.5) is 0 Å². The van der Waals surface area contributed by atoms with Crippen LogP contribution in [0.1, 0.15) is 29.0 Å². The second kappa shape index (κ2) is 5.82. The quantitative estimate of drug-likeness (QED) is 0.775. The van der Waals surface area contributed by atoms with E-state index >= 15 is 0 Å². The van der Waals surface area contributed by atoms with E-state index in [2.05, 4.69) is 5.32 Å². The molecule has 0 atom stereocenters. The minimum Gasteiger partial charge on any atom is -0.478 e. The average Bonchev–Trinajstić information content (AvgIpc) is 3.01. The summed E-state index contributed by atoms with van der Waals surface area (Å²) in [5.41, 5.74) is 0. The highest BCUT2D eigenvalue weighted by atomic mass is 32.1. The number of hydrogen-bond acceptors (Lipinski definition) is 3. The molecule has 1 saturated carbocycles. The van der Waals surface area contributed by atoms with Gasteiger partial charge < -0.3 is 10.4 Å². The van der Waals surface area contributed by atoms with E-state index in [0.717, 1.165) is 15.8 Å². The number of carboxylic acids is 1. The topological polar surface area (TPSA) is 66.4 Å². The van der Waals surface area contributed by atoms with Crippen molar-refractivity contribution < 1.29 is 14.7 Å². The lowest BCUT2D eigenvalue weighted by molar-refractivity contribution is -0.131. The fraction of sp³-hybridized carbons (Fsp3) is 0.385. The molecule has 18 heavy (non-hydrogen) atoms.